The van der Waals surface area contributed by atoms with Crippen molar-refractivity contribution < 1.29 is 9.90 Å². The Hall–Kier alpha value is -0.790. The van der Waals surface area contributed by atoms with E-state index in [2.05, 4.69) is 26.0 Å². The maximum absolute atomic E-state index is 9.93. The van der Waals surface area contributed by atoms with Crippen molar-refractivity contribution in [1.29, 1.82) is 0 Å². The maximum atomic E-state index is 9.93. The summed E-state index contributed by atoms with van der Waals surface area (Å²) in [5.74, 6) is -0.887. The van der Waals surface area contributed by atoms with Crippen LogP contribution in [0.3, 0.4) is 0 Å². The third kappa shape index (κ3) is 14.1. The van der Waals surface area contributed by atoms with Crippen molar-refractivity contribution >= 4 is 5.97 Å². The first-order chi connectivity index (χ1) is 6.09. The fraction of sp³-hybridized carbons (Fsp3) is 0.727. The van der Waals surface area contributed by atoms with Crippen LogP contribution < -0.4 is 0 Å². The van der Waals surface area contributed by atoms with E-state index in [0.29, 0.717) is 0 Å². The zero-order valence-electron chi connectivity index (χ0n) is 9.21. The van der Waals surface area contributed by atoms with Gasteiger partial charge in [-0.05, 0) is 19.8 Å². The zero-order chi connectivity index (χ0) is 10.7. The molecule has 2 heteroatoms. The molecule has 0 saturated carbocycles. The molecule has 0 aromatic rings. The molecule has 1 N–H and O–H groups in total. The summed E-state index contributed by atoms with van der Waals surface area (Å²) in [6, 6.07) is 0. The van der Waals surface area contributed by atoms with Gasteiger partial charge in [-0.2, -0.15) is 0 Å². The second-order valence-corrected chi connectivity index (χ2v) is 3.01. The molecule has 0 aliphatic rings. The highest BCUT2D eigenvalue weighted by Gasteiger charge is 2.05. The Bertz CT molecular complexity index is 139. The van der Waals surface area contributed by atoms with Gasteiger partial charge in [0.2, 0.25) is 0 Å². The first-order valence-electron chi connectivity index (χ1n) is 4.94. The summed E-state index contributed by atoms with van der Waals surface area (Å²) < 4.78 is 0. The number of carbonyl (C=O) groups is 1. The fourth-order valence-electron chi connectivity index (χ4n) is 0.508. The first kappa shape index (κ1) is 14.7. The van der Waals surface area contributed by atoms with Crippen molar-refractivity contribution in [2.75, 3.05) is 0 Å². The Morgan fingerprint density at radius 2 is 2.00 bits per heavy atom. The molecule has 0 aliphatic carbocycles. The van der Waals surface area contributed by atoms with Crippen molar-refractivity contribution in [2.24, 2.45) is 5.92 Å². The quantitative estimate of drug-likeness (QED) is 0.682. The highest BCUT2D eigenvalue weighted by Crippen LogP contribution is 1.97. The molecule has 0 aromatic heterocycles. The van der Waals surface area contributed by atoms with E-state index < -0.39 is 5.97 Å². The number of unbranched alkanes of at least 4 members (excludes halogenated alkanes) is 1. The Balaban J connectivity index is 0. The second kappa shape index (κ2) is 11.2. The van der Waals surface area contributed by atoms with Crippen molar-refractivity contribution in [3.63, 3.8) is 0 Å². The largest absolute Gasteiger partial charge is 0.481 e. The SMILES string of the molecule is CC=CCCC.CCC(C)C(=O)O. The monoisotopic (exact) mass is 186 g/mol. The molecule has 0 fully saturated rings. The van der Waals surface area contributed by atoms with Gasteiger partial charge in [-0.1, -0.05) is 39.3 Å². The topological polar surface area (TPSA) is 37.3 Å². The summed E-state index contributed by atoms with van der Waals surface area (Å²) in [4.78, 5) is 9.93. The Labute approximate surface area is 81.7 Å². The minimum Gasteiger partial charge on any atom is -0.481 e. The van der Waals surface area contributed by atoms with Crippen molar-refractivity contribution in [1.82, 2.24) is 0 Å². The Morgan fingerprint density at radius 1 is 1.46 bits per heavy atom. The molecular formula is C11H22O2. The lowest BCUT2D eigenvalue weighted by Gasteiger charge is -1.96. The fourth-order valence-corrected chi connectivity index (χ4v) is 0.508. The Kier molecular flexibility index (Phi) is 12.7. The lowest BCUT2D eigenvalue weighted by molar-refractivity contribution is -0.141. The molecule has 0 saturated heterocycles. The molecule has 0 aliphatic heterocycles. The molecule has 1 unspecified atom stereocenters. The number of aliphatic carboxylic acids is 1. The first-order valence-corrected chi connectivity index (χ1v) is 4.94. The number of hydrogen-bond acceptors (Lipinski definition) is 1. The van der Waals surface area contributed by atoms with Gasteiger partial charge >= 0.3 is 5.97 Å². The highest BCUT2D eigenvalue weighted by molar-refractivity contribution is 5.69. The number of rotatable bonds is 4. The molecule has 0 rings (SSSR count). The average Bonchev–Trinajstić information content (AvgIpc) is 2.14. The molecule has 78 valence electrons. The minimum absolute atomic E-state index is 0.181. The van der Waals surface area contributed by atoms with E-state index in [1.165, 1.54) is 12.8 Å². The van der Waals surface area contributed by atoms with E-state index in [9.17, 15) is 4.79 Å². The van der Waals surface area contributed by atoms with Gasteiger partial charge in [0.05, 0.1) is 5.92 Å². The summed E-state index contributed by atoms with van der Waals surface area (Å²) >= 11 is 0. The van der Waals surface area contributed by atoms with Crippen LogP contribution in [-0.2, 0) is 4.79 Å². The zero-order valence-corrected chi connectivity index (χ0v) is 9.21. The van der Waals surface area contributed by atoms with Crippen LogP contribution >= 0.6 is 0 Å². The predicted molar refractivity (Wildman–Crippen MR) is 56.8 cm³/mol. The van der Waals surface area contributed by atoms with Crippen molar-refractivity contribution in [2.45, 2.75) is 47.0 Å². The minimum atomic E-state index is -0.706. The van der Waals surface area contributed by atoms with Crippen LogP contribution in [0.5, 0.6) is 0 Å². The lowest BCUT2D eigenvalue weighted by Crippen LogP contribution is -2.06. The van der Waals surface area contributed by atoms with Gasteiger partial charge in [-0.15, -0.1) is 0 Å². The van der Waals surface area contributed by atoms with Gasteiger partial charge < -0.3 is 5.11 Å². The predicted octanol–water partition coefficient (Wildman–Crippen LogP) is 3.48. The van der Waals surface area contributed by atoms with Crippen LogP contribution in [-0.4, -0.2) is 11.1 Å². The van der Waals surface area contributed by atoms with Crippen LogP contribution in [0.1, 0.15) is 47.0 Å². The normalized spacial score (nSPS) is 12.0. The van der Waals surface area contributed by atoms with E-state index >= 15 is 0 Å². The molecular weight excluding hydrogens is 164 g/mol. The Morgan fingerprint density at radius 3 is 2.08 bits per heavy atom. The molecule has 1 atom stereocenters. The molecule has 0 bridgehead atoms. The molecule has 2 nitrogen and oxygen atoms in total. The van der Waals surface area contributed by atoms with Crippen LogP contribution in [0.4, 0.5) is 0 Å². The summed E-state index contributed by atoms with van der Waals surface area (Å²) in [6.07, 6.45) is 7.49. The van der Waals surface area contributed by atoms with Crippen molar-refractivity contribution in [3.8, 4) is 0 Å². The smallest absolute Gasteiger partial charge is 0.306 e. The highest BCUT2D eigenvalue weighted by atomic mass is 16.4. The van der Waals surface area contributed by atoms with Crippen molar-refractivity contribution in [3.05, 3.63) is 12.2 Å². The van der Waals surface area contributed by atoms with E-state index in [-0.39, 0.29) is 5.92 Å². The van der Waals surface area contributed by atoms with E-state index in [4.69, 9.17) is 5.11 Å². The third-order valence-electron chi connectivity index (χ3n) is 1.72. The molecule has 0 radical (unpaired) electrons. The van der Waals surface area contributed by atoms with E-state index in [1.807, 2.05) is 6.92 Å². The van der Waals surface area contributed by atoms with E-state index in [0.717, 1.165) is 6.42 Å². The van der Waals surface area contributed by atoms with Gasteiger partial charge in [0.25, 0.3) is 0 Å². The van der Waals surface area contributed by atoms with Crippen LogP contribution in [0.2, 0.25) is 0 Å². The number of hydrogen-bond donors (Lipinski definition) is 1. The van der Waals surface area contributed by atoms with Gasteiger partial charge in [0, 0.05) is 0 Å². The van der Waals surface area contributed by atoms with Crippen LogP contribution in [0.15, 0.2) is 12.2 Å². The van der Waals surface area contributed by atoms with Gasteiger partial charge in [-0.3, -0.25) is 4.79 Å². The van der Waals surface area contributed by atoms with Gasteiger partial charge in [0.1, 0.15) is 0 Å². The summed E-state index contributed by atoms with van der Waals surface area (Å²) in [6.45, 7) is 7.79. The molecule has 0 aromatic carbocycles. The third-order valence-corrected chi connectivity index (χ3v) is 1.72. The molecule has 0 amide bonds. The van der Waals surface area contributed by atoms with Crippen LogP contribution in [0, 0.1) is 5.92 Å². The average molecular weight is 186 g/mol. The molecule has 0 spiro atoms. The molecule has 13 heavy (non-hydrogen) atoms. The number of carboxylic acid groups (broad SMARTS) is 1. The number of carboxylic acids is 1. The standard InChI is InChI=1S/C6H12.C5H10O2/c1-3-5-6-4-2;1-3-4(2)5(6)7/h3,5H,4,6H2,1-2H3;4H,3H2,1-2H3,(H,6,7). The van der Waals surface area contributed by atoms with E-state index in [1.54, 1.807) is 6.92 Å². The van der Waals surface area contributed by atoms with Crippen LogP contribution in [0.25, 0.3) is 0 Å². The van der Waals surface area contributed by atoms with Gasteiger partial charge in [-0.25, -0.2) is 0 Å². The van der Waals surface area contributed by atoms with Gasteiger partial charge in [0.15, 0.2) is 0 Å². The summed E-state index contributed by atoms with van der Waals surface area (Å²) in [7, 11) is 0. The lowest BCUT2D eigenvalue weighted by atomic mass is 10.1. The summed E-state index contributed by atoms with van der Waals surface area (Å²) in [5, 5.41) is 8.18. The summed E-state index contributed by atoms with van der Waals surface area (Å²) in [5.41, 5.74) is 0. The second-order valence-electron chi connectivity index (χ2n) is 3.01. The molecule has 0 heterocycles. The number of allylic oxidation sites excluding steroid dienone is 2. The maximum Gasteiger partial charge on any atom is 0.306 e.